The first-order valence-corrected chi connectivity index (χ1v) is 8.10. The molecule has 1 aromatic heterocycles. The van der Waals surface area contributed by atoms with Crippen molar-refractivity contribution < 1.29 is 8.42 Å². The first-order valence-electron chi connectivity index (χ1n) is 6.62. The molecule has 6 heteroatoms. The van der Waals surface area contributed by atoms with Crippen molar-refractivity contribution in [3.05, 3.63) is 18.0 Å². The molecule has 0 atom stereocenters. The Kier molecular flexibility index (Phi) is 5.58. The van der Waals surface area contributed by atoms with Gasteiger partial charge in [-0.1, -0.05) is 27.7 Å². The maximum Gasteiger partial charge on any atom is 0.242 e. The number of aromatic nitrogens is 1. The van der Waals surface area contributed by atoms with Gasteiger partial charge in [0.1, 0.15) is 0 Å². The van der Waals surface area contributed by atoms with Gasteiger partial charge in [0.25, 0.3) is 0 Å². The molecule has 0 radical (unpaired) electrons. The van der Waals surface area contributed by atoms with Crippen LogP contribution in [0, 0.1) is 5.41 Å². The zero-order valence-corrected chi connectivity index (χ0v) is 13.0. The van der Waals surface area contributed by atoms with Gasteiger partial charge in [0.05, 0.1) is 4.90 Å². The van der Waals surface area contributed by atoms with Crippen LogP contribution in [0.1, 0.15) is 39.8 Å². The SMILES string of the molecule is CCCNCc1cc(S(=O)(=O)NCC(C)(C)C)c[nH]1. The zero-order valence-electron chi connectivity index (χ0n) is 12.2. The number of rotatable bonds is 7. The van der Waals surface area contributed by atoms with Crippen molar-refractivity contribution in [3.63, 3.8) is 0 Å². The first kappa shape index (κ1) is 16.2. The Morgan fingerprint density at radius 2 is 2.00 bits per heavy atom. The summed E-state index contributed by atoms with van der Waals surface area (Å²) in [7, 11) is -3.41. The summed E-state index contributed by atoms with van der Waals surface area (Å²) in [5, 5.41) is 3.23. The Balaban J connectivity index is 2.64. The number of aromatic amines is 1. The third kappa shape index (κ3) is 5.76. The molecule has 1 rings (SSSR count). The maximum atomic E-state index is 12.1. The van der Waals surface area contributed by atoms with E-state index in [1.165, 1.54) is 6.20 Å². The zero-order chi connectivity index (χ0) is 14.5. The van der Waals surface area contributed by atoms with Gasteiger partial charge < -0.3 is 10.3 Å². The fourth-order valence-corrected chi connectivity index (χ4v) is 2.77. The highest BCUT2D eigenvalue weighted by molar-refractivity contribution is 7.89. The predicted octanol–water partition coefficient (Wildman–Crippen LogP) is 1.84. The van der Waals surface area contributed by atoms with Crippen molar-refractivity contribution in [3.8, 4) is 0 Å². The molecule has 0 aliphatic rings. The van der Waals surface area contributed by atoms with E-state index in [-0.39, 0.29) is 5.41 Å². The van der Waals surface area contributed by atoms with E-state index in [0.717, 1.165) is 18.7 Å². The largest absolute Gasteiger partial charge is 0.363 e. The minimum Gasteiger partial charge on any atom is -0.363 e. The van der Waals surface area contributed by atoms with Gasteiger partial charge in [-0.2, -0.15) is 0 Å². The van der Waals surface area contributed by atoms with Crippen LogP contribution in [0.3, 0.4) is 0 Å². The van der Waals surface area contributed by atoms with E-state index in [4.69, 9.17) is 0 Å². The van der Waals surface area contributed by atoms with Crippen LogP contribution in [0.2, 0.25) is 0 Å². The number of nitrogens with one attached hydrogen (secondary N) is 3. The van der Waals surface area contributed by atoms with Gasteiger partial charge in [-0.25, -0.2) is 13.1 Å². The fraction of sp³-hybridized carbons (Fsp3) is 0.692. The second kappa shape index (κ2) is 6.54. The minimum absolute atomic E-state index is 0.0745. The summed E-state index contributed by atoms with van der Waals surface area (Å²) < 4.78 is 26.8. The Morgan fingerprint density at radius 1 is 1.32 bits per heavy atom. The maximum absolute atomic E-state index is 12.1. The Morgan fingerprint density at radius 3 is 2.58 bits per heavy atom. The van der Waals surface area contributed by atoms with E-state index >= 15 is 0 Å². The number of H-pyrrole nitrogens is 1. The molecule has 1 aromatic rings. The normalized spacial score (nSPS) is 12.8. The van der Waals surface area contributed by atoms with Crippen LogP contribution >= 0.6 is 0 Å². The first-order chi connectivity index (χ1) is 8.74. The molecule has 0 aliphatic carbocycles. The molecule has 0 aliphatic heterocycles. The Bertz CT molecular complexity index is 486. The molecular formula is C13H25N3O2S. The number of hydrogen-bond donors (Lipinski definition) is 3. The second-order valence-corrected chi connectivity index (χ2v) is 7.69. The van der Waals surface area contributed by atoms with E-state index in [0.29, 0.717) is 18.0 Å². The lowest BCUT2D eigenvalue weighted by Gasteiger charge is -2.18. The summed E-state index contributed by atoms with van der Waals surface area (Å²) in [6.07, 6.45) is 2.59. The Labute approximate surface area is 116 Å². The molecule has 19 heavy (non-hydrogen) atoms. The van der Waals surface area contributed by atoms with Crippen LogP contribution in [0.15, 0.2) is 17.2 Å². The lowest BCUT2D eigenvalue weighted by atomic mass is 9.98. The smallest absolute Gasteiger partial charge is 0.242 e. The molecule has 0 saturated carbocycles. The summed E-state index contributed by atoms with van der Waals surface area (Å²) in [5.74, 6) is 0. The van der Waals surface area contributed by atoms with Crippen LogP contribution in [0.4, 0.5) is 0 Å². The van der Waals surface area contributed by atoms with Gasteiger partial charge in [0, 0.05) is 25.0 Å². The number of sulfonamides is 1. The van der Waals surface area contributed by atoms with E-state index < -0.39 is 10.0 Å². The van der Waals surface area contributed by atoms with Gasteiger partial charge in [0.15, 0.2) is 0 Å². The molecule has 3 N–H and O–H groups in total. The Hall–Kier alpha value is -0.850. The second-order valence-electron chi connectivity index (χ2n) is 5.92. The molecule has 0 fully saturated rings. The van der Waals surface area contributed by atoms with Gasteiger partial charge in [-0.15, -0.1) is 0 Å². The highest BCUT2D eigenvalue weighted by Crippen LogP contribution is 2.15. The van der Waals surface area contributed by atoms with Crippen molar-refractivity contribution in [1.29, 1.82) is 0 Å². The molecule has 0 saturated heterocycles. The summed E-state index contributed by atoms with van der Waals surface area (Å²) in [6.45, 7) is 10.1. The highest BCUT2D eigenvalue weighted by Gasteiger charge is 2.19. The van der Waals surface area contributed by atoms with Gasteiger partial charge in [0.2, 0.25) is 10.0 Å². The van der Waals surface area contributed by atoms with E-state index in [1.54, 1.807) is 6.07 Å². The molecule has 0 spiro atoms. The minimum atomic E-state index is -3.41. The van der Waals surface area contributed by atoms with E-state index in [9.17, 15) is 8.42 Å². The average Bonchev–Trinajstić information content (AvgIpc) is 2.76. The van der Waals surface area contributed by atoms with Crippen LogP contribution in [0.25, 0.3) is 0 Å². The lowest BCUT2D eigenvalue weighted by molar-refractivity contribution is 0.407. The van der Waals surface area contributed by atoms with E-state index in [1.807, 2.05) is 20.8 Å². The monoisotopic (exact) mass is 287 g/mol. The average molecular weight is 287 g/mol. The number of hydrogen-bond acceptors (Lipinski definition) is 3. The van der Waals surface area contributed by atoms with Crippen molar-refractivity contribution >= 4 is 10.0 Å². The quantitative estimate of drug-likeness (QED) is 0.670. The summed E-state index contributed by atoms with van der Waals surface area (Å²) in [4.78, 5) is 3.28. The van der Waals surface area contributed by atoms with Crippen LogP contribution < -0.4 is 10.0 Å². The van der Waals surface area contributed by atoms with Crippen molar-refractivity contribution in [2.75, 3.05) is 13.1 Å². The van der Waals surface area contributed by atoms with Gasteiger partial charge >= 0.3 is 0 Å². The summed E-state index contributed by atoms with van der Waals surface area (Å²) in [6, 6.07) is 1.67. The van der Waals surface area contributed by atoms with Crippen LogP contribution in [-0.2, 0) is 16.6 Å². The highest BCUT2D eigenvalue weighted by atomic mass is 32.2. The van der Waals surface area contributed by atoms with E-state index in [2.05, 4.69) is 21.9 Å². The fourth-order valence-electron chi connectivity index (χ4n) is 1.47. The van der Waals surface area contributed by atoms with Crippen molar-refractivity contribution in [1.82, 2.24) is 15.0 Å². The standard InChI is InChI=1S/C13H25N3O2S/c1-5-6-14-8-11-7-12(9-15-11)19(17,18)16-10-13(2,3)4/h7,9,14-16H,5-6,8,10H2,1-4H3. The molecular weight excluding hydrogens is 262 g/mol. The predicted molar refractivity (Wildman–Crippen MR) is 77.4 cm³/mol. The van der Waals surface area contributed by atoms with Gasteiger partial charge in [-0.3, -0.25) is 0 Å². The third-order valence-corrected chi connectivity index (χ3v) is 3.94. The van der Waals surface area contributed by atoms with Crippen molar-refractivity contribution in [2.24, 2.45) is 5.41 Å². The molecule has 5 nitrogen and oxygen atoms in total. The molecule has 1 heterocycles. The molecule has 0 unspecified atom stereocenters. The van der Waals surface area contributed by atoms with Crippen molar-refractivity contribution in [2.45, 2.75) is 45.6 Å². The summed E-state index contributed by atoms with van der Waals surface area (Å²) >= 11 is 0. The lowest BCUT2D eigenvalue weighted by Crippen LogP contribution is -2.32. The topological polar surface area (TPSA) is 74.0 Å². The summed E-state index contributed by atoms with van der Waals surface area (Å²) in [5.41, 5.74) is 0.805. The van der Waals surface area contributed by atoms with Crippen LogP contribution in [-0.4, -0.2) is 26.5 Å². The van der Waals surface area contributed by atoms with Gasteiger partial charge in [-0.05, 0) is 24.4 Å². The molecule has 0 aromatic carbocycles. The molecule has 110 valence electrons. The third-order valence-electron chi connectivity index (χ3n) is 2.56. The van der Waals surface area contributed by atoms with Crippen LogP contribution in [0.5, 0.6) is 0 Å². The molecule has 0 bridgehead atoms. The molecule has 0 amide bonds.